The molecule has 2 N–H and O–H groups in total. The summed E-state index contributed by atoms with van der Waals surface area (Å²) in [6.07, 6.45) is 13.1. The average Bonchev–Trinajstić information content (AvgIpc) is 3.11. The summed E-state index contributed by atoms with van der Waals surface area (Å²) in [7, 11) is 1.75. The third-order valence-corrected chi connectivity index (χ3v) is 6.29. The first-order valence-corrected chi connectivity index (χ1v) is 10.1. The van der Waals surface area contributed by atoms with Gasteiger partial charge in [0.25, 0.3) is 0 Å². The predicted molar refractivity (Wildman–Crippen MR) is 99.6 cm³/mol. The summed E-state index contributed by atoms with van der Waals surface area (Å²) in [5.74, 6) is 0.667. The molecule has 2 heterocycles. The molecular weight excluding hydrogens is 314 g/mol. The molecule has 0 spiro atoms. The molecule has 25 heavy (non-hydrogen) atoms. The molecule has 1 aliphatic heterocycles. The summed E-state index contributed by atoms with van der Waals surface area (Å²) in [6, 6.07) is 0. The van der Waals surface area contributed by atoms with Crippen LogP contribution < -0.4 is 0 Å². The highest BCUT2D eigenvalue weighted by atomic mass is 16.5. The van der Waals surface area contributed by atoms with Crippen LogP contribution in [0.5, 0.6) is 0 Å². The fraction of sp³-hybridized carbons (Fsp3) is 0.850. The second-order valence-electron chi connectivity index (χ2n) is 8.21. The van der Waals surface area contributed by atoms with Crippen molar-refractivity contribution in [3.05, 3.63) is 17.5 Å². The zero-order chi connectivity index (χ0) is 17.5. The number of hydrogen-bond acceptors (Lipinski definition) is 4. The SMILES string of the molecule is COCCCC1(CO)CCCN(Cc2cn[nH]c2C2CCCCC2)C1. The minimum Gasteiger partial charge on any atom is -0.396 e. The number of nitrogens with one attached hydrogen (secondary N) is 1. The van der Waals surface area contributed by atoms with Crippen molar-refractivity contribution in [2.24, 2.45) is 5.41 Å². The molecule has 1 unspecified atom stereocenters. The number of piperidine rings is 1. The van der Waals surface area contributed by atoms with Crippen molar-refractivity contribution in [1.82, 2.24) is 15.1 Å². The van der Waals surface area contributed by atoms with Gasteiger partial charge in [-0.1, -0.05) is 19.3 Å². The number of likely N-dealkylation sites (tertiary alicyclic amines) is 1. The Hall–Kier alpha value is -0.910. The zero-order valence-electron chi connectivity index (χ0n) is 15.8. The van der Waals surface area contributed by atoms with Gasteiger partial charge in [-0.2, -0.15) is 5.10 Å². The fourth-order valence-electron chi connectivity index (χ4n) is 4.88. The van der Waals surface area contributed by atoms with E-state index in [1.165, 1.54) is 49.8 Å². The quantitative estimate of drug-likeness (QED) is 0.706. The standard InChI is InChI=1S/C20H35N3O2/c1-25-12-6-10-20(16-24)9-5-11-23(15-20)14-18-13-21-22-19(18)17-7-3-2-4-8-17/h13,17,24H,2-12,14-16H2,1H3,(H,21,22). The van der Waals surface area contributed by atoms with E-state index in [9.17, 15) is 5.11 Å². The van der Waals surface area contributed by atoms with Gasteiger partial charge in [-0.25, -0.2) is 0 Å². The van der Waals surface area contributed by atoms with Crippen LogP contribution in [0.3, 0.4) is 0 Å². The van der Waals surface area contributed by atoms with Gasteiger partial charge in [0, 0.05) is 56.0 Å². The van der Waals surface area contributed by atoms with Crippen LogP contribution in [0, 0.1) is 5.41 Å². The van der Waals surface area contributed by atoms with E-state index in [1.54, 1.807) is 7.11 Å². The Bertz CT molecular complexity index is 513. The molecule has 5 heteroatoms. The second-order valence-corrected chi connectivity index (χ2v) is 8.21. The lowest BCUT2D eigenvalue weighted by molar-refractivity contribution is 0.0157. The van der Waals surface area contributed by atoms with Crippen LogP contribution in [0.2, 0.25) is 0 Å². The maximum atomic E-state index is 10.1. The first-order chi connectivity index (χ1) is 12.3. The third-order valence-electron chi connectivity index (χ3n) is 6.29. The highest BCUT2D eigenvalue weighted by molar-refractivity contribution is 5.21. The first kappa shape index (κ1) is 18.9. The van der Waals surface area contributed by atoms with E-state index < -0.39 is 0 Å². The van der Waals surface area contributed by atoms with Crippen molar-refractivity contribution >= 4 is 0 Å². The van der Waals surface area contributed by atoms with E-state index in [0.29, 0.717) is 5.92 Å². The van der Waals surface area contributed by atoms with Gasteiger partial charge in [-0.15, -0.1) is 0 Å². The molecule has 1 aromatic heterocycles. The van der Waals surface area contributed by atoms with Crippen LogP contribution in [-0.4, -0.2) is 53.6 Å². The second kappa shape index (κ2) is 9.15. The predicted octanol–water partition coefficient (Wildman–Crippen LogP) is 3.46. The zero-order valence-corrected chi connectivity index (χ0v) is 15.8. The molecule has 1 saturated carbocycles. The van der Waals surface area contributed by atoms with Crippen molar-refractivity contribution in [2.75, 3.05) is 33.4 Å². The summed E-state index contributed by atoms with van der Waals surface area (Å²) in [5.41, 5.74) is 2.79. The highest BCUT2D eigenvalue weighted by Crippen LogP contribution is 2.37. The lowest BCUT2D eigenvalue weighted by Crippen LogP contribution is -2.45. The van der Waals surface area contributed by atoms with E-state index in [2.05, 4.69) is 15.1 Å². The van der Waals surface area contributed by atoms with Gasteiger partial charge in [0.15, 0.2) is 0 Å². The number of hydrogen-bond donors (Lipinski definition) is 2. The molecule has 0 amide bonds. The fourth-order valence-corrected chi connectivity index (χ4v) is 4.88. The van der Waals surface area contributed by atoms with Crippen molar-refractivity contribution < 1.29 is 9.84 Å². The van der Waals surface area contributed by atoms with E-state index in [4.69, 9.17) is 4.74 Å². The van der Waals surface area contributed by atoms with Gasteiger partial charge < -0.3 is 9.84 Å². The lowest BCUT2D eigenvalue weighted by atomic mass is 9.76. The molecule has 5 nitrogen and oxygen atoms in total. The Balaban J connectivity index is 1.61. The molecule has 0 bridgehead atoms. The van der Waals surface area contributed by atoms with Crippen LogP contribution in [0.15, 0.2) is 6.20 Å². The summed E-state index contributed by atoms with van der Waals surface area (Å²) < 4.78 is 5.21. The van der Waals surface area contributed by atoms with E-state index in [1.807, 2.05) is 6.20 Å². The van der Waals surface area contributed by atoms with E-state index >= 15 is 0 Å². The van der Waals surface area contributed by atoms with Gasteiger partial charge in [-0.05, 0) is 45.1 Å². The van der Waals surface area contributed by atoms with Gasteiger partial charge in [0.1, 0.15) is 0 Å². The number of methoxy groups -OCH3 is 1. The Labute approximate surface area is 152 Å². The summed E-state index contributed by atoms with van der Waals surface area (Å²) >= 11 is 0. The van der Waals surface area contributed by atoms with E-state index in [0.717, 1.165) is 45.5 Å². The molecule has 1 saturated heterocycles. The Kier molecular flexibility index (Phi) is 6.91. The minimum absolute atomic E-state index is 0.0471. The van der Waals surface area contributed by atoms with Crippen LogP contribution in [0.25, 0.3) is 0 Å². The number of aromatic amines is 1. The van der Waals surface area contributed by atoms with Gasteiger partial charge in [0.2, 0.25) is 0 Å². The van der Waals surface area contributed by atoms with Crippen LogP contribution in [0.1, 0.15) is 75.0 Å². The number of aromatic nitrogens is 2. The maximum absolute atomic E-state index is 10.1. The number of rotatable bonds is 8. The molecule has 1 atom stereocenters. The van der Waals surface area contributed by atoms with Gasteiger partial charge in [0.05, 0.1) is 6.20 Å². The van der Waals surface area contributed by atoms with Crippen LogP contribution >= 0.6 is 0 Å². The molecular formula is C20H35N3O2. The minimum atomic E-state index is 0.0471. The van der Waals surface area contributed by atoms with Crippen molar-refractivity contribution in [1.29, 1.82) is 0 Å². The maximum Gasteiger partial charge on any atom is 0.0535 e. The molecule has 142 valence electrons. The molecule has 1 aliphatic carbocycles. The number of aliphatic hydroxyl groups excluding tert-OH is 1. The van der Waals surface area contributed by atoms with Crippen molar-refractivity contribution in [3.63, 3.8) is 0 Å². The Morgan fingerprint density at radius 2 is 2.16 bits per heavy atom. The van der Waals surface area contributed by atoms with Crippen LogP contribution in [-0.2, 0) is 11.3 Å². The van der Waals surface area contributed by atoms with Gasteiger partial charge >= 0.3 is 0 Å². The molecule has 0 radical (unpaired) electrons. The first-order valence-electron chi connectivity index (χ1n) is 10.1. The average molecular weight is 350 g/mol. The summed E-state index contributed by atoms with van der Waals surface area (Å²) in [5, 5.41) is 17.7. The molecule has 3 rings (SSSR count). The number of aliphatic hydroxyl groups is 1. The molecule has 2 fully saturated rings. The summed E-state index contributed by atoms with van der Waals surface area (Å²) in [6.45, 7) is 4.15. The number of ether oxygens (including phenoxy) is 1. The smallest absolute Gasteiger partial charge is 0.0535 e. The number of nitrogens with zero attached hydrogens (tertiary/aromatic N) is 2. The molecule has 2 aliphatic rings. The topological polar surface area (TPSA) is 61.4 Å². The Morgan fingerprint density at radius 1 is 1.32 bits per heavy atom. The largest absolute Gasteiger partial charge is 0.396 e. The Morgan fingerprint density at radius 3 is 2.92 bits per heavy atom. The monoisotopic (exact) mass is 349 g/mol. The summed E-state index contributed by atoms with van der Waals surface area (Å²) in [4.78, 5) is 2.53. The van der Waals surface area contributed by atoms with Crippen molar-refractivity contribution in [2.45, 2.75) is 70.3 Å². The third kappa shape index (κ3) is 4.83. The van der Waals surface area contributed by atoms with Gasteiger partial charge in [-0.3, -0.25) is 10.00 Å². The number of H-pyrrole nitrogens is 1. The lowest BCUT2D eigenvalue weighted by Gasteiger charge is -2.42. The highest BCUT2D eigenvalue weighted by Gasteiger charge is 2.35. The normalized spacial score (nSPS) is 26.2. The van der Waals surface area contributed by atoms with Crippen LogP contribution in [0.4, 0.5) is 0 Å². The van der Waals surface area contributed by atoms with Crippen molar-refractivity contribution in [3.8, 4) is 0 Å². The molecule has 0 aromatic carbocycles. The van der Waals surface area contributed by atoms with E-state index in [-0.39, 0.29) is 12.0 Å². The molecule has 1 aromatic rings.